The smallest absolute Gasteiger partial charge is 0.306 e. The van der Waals surface area contributed by atoms with Crippen molar-refractivity contribution in [3.8, 4) is 0 Å². The zero-order valence-electron chi connectivity index (χ0n) is 13.4. The first-order chi connectivity index (χ1) is 9.89. The lowest BCUT2D eigenvalue weighted by Crippen LogP contribution is -2.49. The molecule has 0 aromatic heterocycles. The summed E-state index contributed by atoms with van der Waals surface area (Å²) in [7, 11) is 0. The normalized spacial score (nSPS) is 46.0. The number of carbonyl (C=O) groups is 1. The van der Waals surface area contributed by atoms with E-state index in [1.807, 2.05) is 0 Å². The summed E-state index contributed by atoms with van der Waals surface area (Å²) in [6.45, 7) is 8.66. The summed E-state index contributed by atoms with van der Waals surface area (Å²) in [5.41, 5.74) is 1.94. The van der Waals surface area contributed by atoms with Gasteiger partial charge in [-0.05, 0) is 55.8 Å². The van der Waals surface area contributed by atoms with Crippen LogP contribution in [0.25, 0.3) is 0 Å². The molecule has 0 bridgehead atoms. The Morgan fingerprint density at radius 2 is 2.10 bits per heavy atom. The number of rotatable bonds is 2. The third-order valence-corrected chi connectivity index (χ3v) is 6.82. The van der Waals surface area contributed by atoms with Crippen LogP contribution in [0.3, 0.4) is 0 Å². The molecule has 5 atom stereocenters. The summed E-state index contributed by atoms with van der Waals surface area (Å²) >= 11 is 0. The van der Waals surface area contributed by atoms with Gasteiger partial charge >= 0.3 is 5.97 Å². The van der Waals surface area contributed by atoms with E-state index < -0.39 is 5.97 Å². The molecule has 3 rings (SSSR count). The first-order valence-corrected chi connectivity index (χ1v) is 8.48. The number of carboxylic acids is 1. The molecule has 0 radical (unpaired) electrons. The van der Waals surface area contributed by atoms with Crippen LogP contribution < -0.4 is 0 Å². The van der Waals surface area contributed by atoms with Crippen molar-refractivity contribution in [2.75, 3.05) is 0 Å². The van der Waals surface area contributed by atoms with E-state index in [1.54, 1.807) is 5.57 Å². The molecule has 2 nitrogen and oxygen atoms in total. The molecule has 2 fully saturated rings. The summed E-state index contributed by atoms with van der Waals surface area (Å²) < 4.78 is 0. The number of carboxylic acid groups (broad SMARTS) is 1. The predicted octanol–water partition coefficient (Wildman–Crippen LogP) is 4.82. The summed E-state index contributed by atoms with van der Waals surface area (Å²) in [5, 5.41) is 9.58. The van der Waals surface area contributed by atoms with E-state index in [0.29, 0.717) is 11.8 Å². The second-order valence-corrected chi connectivity index (χ2v) is 8.01. The summed E-state index contributed by atoms with van der Waals surface area (Å²) in [6, 6.07) is 0. The molecular weight excluding hydrogens is 260 g/mol. The maximum atomic E-state index is 11.6. The lowest BCUT2D eigenvalue weighted by molar-refractivity contribution is -0.151. The lowest BCUT2D eigenvalue weighted by atomic mass is 9.48. The van der Waals surface area contributed by atoms with Crippen LogP contribution in [0.15, 0.2) is 24.3 Å². The van der Waals surface area contributed by atoms with E-state index in [4.69, 9.17) is 0 Å². The first kappa shape index (κ1) is 14.9. The van der Waals surface area contributed by atoms with Gasteiger partial charge in [0, 0.05) is 5.41 Å². The van der Waals surface area contributed by atoms with Crippen LogP contribution in [0, 0.1) is 28.6 Å². The van der Waals surface area contributed by atoms with E-state index >= 15 is 0 Å². The molecule has 116 valence electrons. The number of hydrogen-bond acceptors (Lipinski definition) is 1. The van der Waals surface area contributed by atoms with Crippen molar-refractivity contribution in [1.82, 2.24) is 0 Å². The SMILES string of the molecule is C=C[C@@]1(C)C=C2CC[C@H]3[C@H](C(=O)O)CCC[C@]3(C)[C@H]2CC1. The van der Waals surface area contributed by atoms with Gasteiger partial charge < -0.3 is 5.11 Å². The van der Waals surface area contributed by atoms with Gasteiger partial charge in [-0.1, -0.05) is 38.0 Å². The monoisotopic (exact) mass is 288 g/mol. The standard InChI is InChI=1S/C19H28O2/c1-4-18(2)11-9-15-13(12-18)7-8-16-14(17(20)21)6-5-10-19(15,16)3/h4,12,14-16H,1,5-11H2,2-3H3,(H,20,21)/t14-,15+,16+,18-,19-/m1/s1. The van der Waals surface area contributed by atoms with Gasteiger partial charge in [0.1, 0.15) is 0 Å². The topological polar surface area (TPSA) is 37.3 Å². The maximum absolute atomic E-state index is 11.6. The highest BCUT2D eigenvalue weighted by Gasteiger charge is 2.53. The van der Waals surface area contributed by atoms with Gasteiger partial charge in [0.15, 0.2) is 0 Å². The lowest BCUT2D eigenvalue weighted by Gasteiger charge is -2.56. The van der Waals surface area contributed by atoms with E-state index in [1.165, 1.54) is 12.8 Å². The highest BCUT2D eigenvalue weighted by molar-refractivity contribution is 5.70. The van der Waals surface area contributed by atoms with E-state index in [0.717, 1.165) is 32.1 Å². The number of aliphatic carboxylic acids is 1. The van der Waals surface area contributed by atoms with Crippen LogP contribution in [0.5, 0.6) is 0 Å². The van der Waals surface area contributed by atoms with Gasteiger partial charge in [-0.15, -0.1) is 6.58 Å². The van der Waals surface area contributed by atoms with Gasteiger partial charge in [0.25, 0.3) is 0 Å². The quantitative estimate of drug-likeness (QED) is 0.740. The van der Waals surface area contributed by atoms with Gasteiger partial charge in [0.05, 0.1) is 5.92 Å². The Bertz CT molecular complexity index is 492. The number of allylic oxidation sites excluding steroid dienone is 3. The maximum Gasteiger partial charge on any atom is 0.306 e. The van der Waals surface area contributed by atoms with Crippen molar-refractivity contribution in [3.05, 3.63) is 24.3 Å². The minimum Gasteiger partial charge on any atom is -0.481 e. The molecule has 1 N–H and O–H groups in total. The Morgan fingerprint density at radius 1 is 1.33 bits per heavy atom. The van der Waals surface area contributed by atoms with Crippen LogP contribution >= 0.6 is 0 Å². The van der Waals surface area contributed by atoms with Crippen molar-refractivity contribution >= 4 is 5.97 Å². The van der Waals surface area contributed by atoms with Crippen LogP contribution in [-0.2, 0) is 4.79 Å². The molecule has 3 aliphatic rings. The minimum atomic E-state index is -0.565. The molecule has 0 unspecified atom stereocenters. The summed E-state index contributed by atoms with van der Waals surface area (Å²) in [6.07, 6.45) is 12.2. The van der Waals surface area contributed by atoms with E-state index in [-0.39, 0.29) is 16.7 Å². The first-order valence-electron chi connectivity index (χ1n) is 8.48. The van der Waals surface area contributed by atoms with Gasteiger partial charge in [-0.25, -0.2) is 0 Å². The van der Waals surface area contributed by atoms with Gasteiger partial charge in [-0.2, -0.15) is 0 Å². The average molecular weight is 288 g/mol. The molecular formula is C19H28O2. The van der Waals surface area contributed by atoms with Crippen molar-refractivity contribution < 1.29 is 9.90 Å². The fraction of sp³-hybridized carbons (Fsp3) is 0.737. The van der Waals surface area contributed by atoms with Crippen molar-refractivity contribution in [3.63, 3.8) is 0 Å². The van der Waals surface area contributed by atoms with Crippen molar-refractivity contribution in [1.29, 1.82) is 0 Å². The second-order valence-electron chi connectivity index (χ2n) is 8.01. The summed E-state index contributed by atoms with van der Waals surface area (Å²) in [5.74, 6) is 0.300. The summed E-state index contributed by atoms with van der Waals surface area (Å²) in [4.78, 5) is 11.6. The Morgan fingerprint density at radius 3 is 2.76 bits per heavy atom. The molecule has 2 saturated carbocycles. The Hall–Kier alpha value is -1.05. The molecule has 21 heavy (non-hydrogen) atoms. The van der Waals surface area contributed by atoms with Crippen molar-refractivity contribution in [2.24, 2.45) is 28.6 Å². The molecule has 0 heterocycles. The fourth-order valence-corrected chi connectivity index (χ4v) is 5.53. The predicted molar refractivity (Wildman–Crippen MR) is 84.9 cm³/mol. The van der Waals surface area contributed by atoms with Crippen LogP contribution in [0.1, 0.15) is 58.8 Å². The molecule has 0 aliphatic heterocycles. The fourth-order valence-electron chi connectivity index (χ4n) is 5.53. The van der Waals surface area contributed by atoms with Crippen LogP contribution in [-0.4, -0.2) is 11.1 Å². The second kappa shape index (κ2) is 5.00. The Labute approximate surface area is 128 Å². The number of fused-ring (bicyclic) bond motifs is 3. The largest absolute Gasteiger partial charge is 0.481 e. The number of hydrogen-bond donors (Lipinski definition) is 1. The Kier molecular flexibility index (Phi) is 3.54. The van der Waals surface area contributed by atoms with Crippen LogP contribution in [0.2, 0.25) is 0 Å². The molecule has 0 spiro atoms. The van der Waals surface area contributed by atoms with Gasteiger partial charge in [-0.3, -0.25) is 4.79 Å². The van der Waals surface area contributed by atoms with Crippen LogP contribution in [0.4, 0.5) is 0 Å². The highest BCUT2D eigenvalue weighted by atomic mass is 16.4. The zero-order valence-corrected chi connectivity index (χ0v) is 13.4. The molecule has 0 amide bonds. The highest BCUT2D eigenvalue weighted by Crippen LogP contribution is 2.60. The zero-order chi connectivity index (χ0) is 15.3. The average Bonchev–Trinajstić information content (AvgIpc) is 2.45. The molecule has 2 heteroatoms. The Balaban J connectivity index is 1.94. The molecule has 0 aromatic rings. The van der Waals surface area contributed by atoms with Crippen molar-refractivity contribution in [2.45, 2.75) is 58.8 Å². The van der Waals surface area contributed by atoms with E-state index in [9.17, 15) is 9.90 Å². The third kappa shape index (κ3) is 2.27. The molecule has 3 aliphatic carbocycles. The minimum absolute atomic E-state index is 0.113. The molecule has 0 saturated heterocycles. The van der Waals surface area contributed by atoms with Gasteiger partial charge in [0.2, 0.25) is 0 Å². The molecule has 0 aromatic carbocycles. The van der Waals surface area contributed by atoms with E-state index in [2.05, 4.69) is 32.6 Å². The third-order valence-electron chi connectivity index (χ3n) is 6.82.